The van der Waals surface area contributed by atoms with E-state index in [1.54, 1.807) is 6.92 Å². The summed E-state index contributed by atoms with van der Waals surface area (Å²) in [5, 5.41) is 12.5. The van der Waals surface area contributed by atoms with Gasteiger partial charge in [-0.2, -0.15) is 4.39 Å². The molecule has 1 aromatic rings. The lowest BCUT2D eigenvalue weighted by Gasteiger charge is -2.16. The highest BCUT2D eigenvalue weighted by Crippen LogP contribution is 2.25. The molecule has 1 unspecified atom stereocenters. The van der Waals surface area contributed by atoms with Crippen LogP contribution in [0.4, 0.5) is 25.0 Å². The Balaban J connectivity index is 2.94. The first kappa shape index (κ1) is 19.0. The predicted molar refractivity (Wildman–Crippen MR) is 78.4 cm³/mol. The highest BCUT2D eigenvalue weighted by atomic mass is 19.1. The number of nitrogens with zero attached hydrogens (tertiary/aromatic N) is 1. The maximum Gasteiger partial charge on any atom is 0.412 e. The first-order valence-corrected chi connectivity index (χ1v) is 6.60. The molecule has 0 aromatic heterocycles. The van der Waals surface area contributed by atoms with Gasteiger partial charge in [0.2, 0.25) is 11.9 Å². The van der Waals surface area contributed by atoms with Crippen LogP contribution < -0.4 is 5.32 Å². The topological polar surface area (TPSA) is 108 Å². The highest BCUT2D eigenvalue weighted by molar-refractivity contribution is 5.88. The molecular weight excluding hydrogens is 330 g/mol. The molecule has 1 amide bonds. The molecule has 130 valence electrons. The maximum absolute atomic E-state index is 13.6. The van der Waals surface area contributed by atoms with E-state index < -0.39 is 46.1 Å². The zero-order valence-electron chi connectivity index (χ0n) is 12.8. The molecule has 0 saturated heterocycles. The van der Waals surface area contributed by atoms with E-state index in [0.29, 0.717) is 6.07 Å². The molecule has 0 aliphatic rings. The standard InChI is InChI=1S/C14H14F2N2O6/c1-4-23-13(19)12(7(2)3)24-14(20)17-10-6-11(18(21)22)9(16)5-8(10)15/h5-6,12H,2,4H2,1,3H3,(H,17,20). The molecule has 0 spiro atoms. The Morgan fingerprint density at radius 1 is 1.38 bits per heavy atom. The van der Waals surface area contributed by atoms with Crippen LogP contribution in [0, 0.1) is 21.7 Å². The Bertz CT molecular complexity index is 692. The van der Waals surface area contributed by atoms with Gasteiger partial charge < -0.3 is 9.47 Å². The van der Waals surface area contributed by atoms with E-state index in [2.05, 4.69) is 11.3 Å². The van der Waals surface area contributed by atoms with Gasteiger partial charge in [-0.05, 0) is 19.4 Å². The molecule has 0 aliphatic heterocycles. The van der Waals surface area contributed by atoms with Crippen molar-refractivity contribution in [3.63, 3.8) is 0 Å². The average Bonchev–Trinajstić information content (AvgIpc) is 2.47. The number of nitro benzene ring substituents is 1. The lowest BCUT2D eigenvalue weighted by atomic mass is 10.2. The highest BCUT2D eigenvalue weighted by Gasteiger charge is 2.26. The fourth-order valence-corrected chi connectivity index (χ4v) is 1.59. The second-order valence-corrected chi connectivity index (χ2v) is 4.55. The first-order chi connectivity index (χ1) is 11.2. The largest absolute Gasteiger partial charge is 0.463 e. The number of nitro groups is 1. The van der Waals surface area contributed by atoms with E-state index in [9.17, 15) is 28.5 Å². The number of hydrogen-bond donors (Lipinski definition) is 1. The van der Waals surface area contributed by atoms with Crippen molar-refractivity contribution < 1.29 is 32.8 Å². The Kier molecular flexibility index (Phi) is 6.33. The summed E-state index contributed by atoms with van der Waals surface area (Å²) in [5.74, 6) is -3.54. The van der Waals surface area contributed by atoms with Crippen LogP contribution in [0.2, 0.25) is 0 Å². The van der Waals surface area contributed by atoms with Crippen molar-refractivity contribution in [1.82, 2.24) is 0 Å². The lowest BCUT2D eigenvalue weighted by Crippen LogP contribution is -2.32. The summed E-state index contributed by atoms with van der Waals surface area (Å²) in [6.07, 6.45) is -2.74. The molecule has 0 saturated carbocycles. The number of rotatable bonds is 6. The van der Waals surface area contributed by atoms with Crippen molar-refractivity contribution in [3.8, 4) is 0 Å². The quantitative estimate of drug-likeness (QED) is 0.368. The summed E-state index contributed by atoms with van der Waals surface area (Å²) in [4.78, 5) is 32.9. The zero-order valence-corrected chi connectivity index (χ0v) is 12.8. The van der Waals surface area contributed by atoms with Gasteiger partial charge in [-0.25, -0.2) is 14.0 Å². The Hall–Kier alpha value is -3.04. The van der Waals surface area contributed by atoms with E-state index in [1.165, 1.54) is 6.92 Å². The smallest absolute Gasteiger partial charge is 0.412 e. The van der Waals surface area contributed by atoms with Crippen LogP contribution in [-0.2, 0) is 14.3 Å². The number of carbonyl (C=O) groups excluding carboxylic acids is 2. The minimum absolute atomic E-state index is 0.0341. The van der Waals surface area contributed by atoms with Crippen molar-refractivity contribution in [2.24, 2.45) is 0 Å². The normalized spacial score (nSPS) is 11.3. The van der Waals surface area contributed by atoms with E-state index in [0.717, 1.165) is 0 Å². The van der Waals surface area contributed by atoms with Crippen LogP contribution in [0.1, 0.15) is 13.8 Å². The number of ether oxygens (including phenoxy) is 2. The third kappa shape index (κ3) is 4.73. The summed E-state index contributed by atoms with van der Waals surface area (Å²) < 4.78 is 36.3. The van der Waals surface area contributed by atoms with E-state index in [1.807, 2.05) is 5.32 Å². The molecule has 1 aromatic carbocycles. The molecule has 0 heterocycles. The van der Waals surface area contributed by atoms with E-state index >= 15 is 0 Å². The molecule has 10 heteroatoms. The maximum atomic E-state index is 13.6. The van der Waals surface area contributed by atoms with Gasteiger partial charge in [0.1, 0.15) is 5.82 Å². The summed E-state index contributed by atoms with van der Waals surface area (Å²) >= 11 is 0. The van der Waals surface area contributed by atoms with Crippen LogP contribution >= 0.6 is 0 Å². The third-order valence-electron chi connectivity index (χ3n) is 2.64. The van der Waals surface area contributed by atoms with Crippen molar-refractivity contribution in [1.29, 1.82) is 0 Å². The van der Waals surface area contributed by atoms with Gasteiger partial charge in [-0.3, -0.25) is 15.4 Å². The summed E-state index contributed by atoms with van der Waals surface area (Å²) in [6, 6.07) is 0.737. The number of esters is 1. The predicted octanol–water partition coefficient (Wildman–Crippen LogP) is 2.93. The van der Waals surface area contributed by atoms with Crippen LogP contribution in [-0.4, -0.2) is 29.7 Å². The SMILES string of the molecule is C=C(C)C(OC(=O)Nc1cc([N+](=O)[O-])c(F)cc1F)C(=O)OCC. The van der Waals surface area contributed by atoms with Gasteiger partial charge in [0.25, 0.3) is 0 Å². The number of halogens is 2. The number of benzene rings is 1. The molecule has 1 N–H and O–H groups in total. The molecule has 8 nitrogen and oxygen atoms in total. The van der Waals surface area contributed by atoms with Crippen molar-refractivity contribution in [2.75, 3.05) is 11.9 Å². The van der Waals surface area contributed by atoms with E-state index in [4.69, 9.17) is 4.74 Å². The van der Waals surface area contributed by atoms with Gasteiger partial charge in [-0.15, -0.1) is 0 Å². The average molecular weight is 344 g/mol. The number of anilines is 1. The number of amides is 1. The van der Waals surface area contributed by atoms with Crippen LogP contribution in [0.15, 0.2) is 24.3 Å². The van der Waals surface area contributed by atoms with E-state index in [-0.39, 0.29) is 18.2 Å². The number of nitrogens with one attached hydrogen (secondary N) is 1. The number of hydrogen-bond acceptors (Lipinski definition) is 6. The third-order valence-corrected chi connectivity index (χ3v) is 2.64. The lowest BCUT2D eigenvalue weighted by molar-refractivity contribution is -0.387. The minimum atomic E-state index is -1.44. The van der Waals surface area contributed by atoms with Crippen molar-refractivity contribution >= 4 is 23.4 Å². The summed E-state index contributed by atoms with van der Waals surface area (Å²) in [5.41, 5.74) is -1.57. The Labute approximate surface area is 135 Å². The molecule has 24 heavy (non-hydrogen) atoms. The van der Waals surface area contributed by atoms with Gasteiger partial charge in [-0.1, -0.05) is 6.58 Å². The fraction of sp³-hybridized carbons (Fsp3) is 0.286. The van der Waals surface area contributed by atoms with Crippen molar-refractivity contribution in [2.45, 2.75) is 20.0 Å². The molecule has 0 bridgehead atoms. The number of carbonyl (C=O) groups is 2. The summed E-state index contributed by atoms with van der Waals surface area (Å²) in [6.45, 7) is 6.44. The monoisotopic (exact) mass is 344 g/mol. The van der Waals surface area contributed by atoms with Crippen LogP contribution in [0.3, 0.4) is 0 Å². The molecule has 0 aliphatic carbocycles. The molecule has 0 radical (unpaired) electrons. The van der Waals surface area contributed by atoms with Crippen molar-refractivity contribution in [3.05, 3.63) is 46.0 Å². The second kappa shape index (κ2) is 7.99. The second-order valence-electron chi connectivity index (χ2n) is 4.55. The summed E-state index contributed by atoms with van der Waals surface area (Å²) in [7, 11) is 0. The molecular formula is C14H14F2N2O6. The van der Waals surface area contributed by atoms with Gasteiger partial charge in [0, 0.05) is 12.1 Å². The molecule has 1 atom stereocenters. The molecule has 1 rings (SSSR count). The van der Waals surface area contributed by atoms with Crippen LogP contribution in [0.5, 0.6) is 0 Å². The van der Waals surface area contributed by atoms with Gasteiger partial charge >= 0.3 is 17.7 Å². The molecule has 0 fully saturated rings. The van der Waals surface area contributed by atoms with Gasteiger partial charge in [0.15, 0.2) is 0 Å². The zero-order chi connectivity index (χ0) is 18.4. The first-order valence-electron chi connectivity index (χ1n) is 6.60. The fourth-order valence-electron chi connectivity index (χ4n) is 1.59. The minimum Gasteiger partial charge on any atom is -0.463 e. The Morgan fingerprint density at radius 3 is 2.50 bits per heavy atom. The Morgan fingerprint density at radius 2 is 2.00 bits per heavy atom. The van der Waals surface area contributed by atoms with Crippen LogP contribution in [0.25, 0.3) is 0 Å². The van der Waals surface area contributed by atoms with Gasteiger partial charge in [0.05, 0.1) is 17.2 Å².